The topological polar surface area (TPSA) is 43.8 Å². The fraction of sp³-hybridized carbons (Fsp3) is 0.438. The van der Waals surface area contributed by atoms with Crippen LogP contribution in [0.15, 0.2) is 18.2 Å². The molecule has 0 amide bonds. The number of rotatable bonds is 3. The molecule has 1 aromatic heterocycles. The number of anilines is 1. The van der Waals surface area contributed by atoms with Crippen LogP contribution in [0.5, 0.6) is 0 Å². The number of nitrogens with zero attached hydrogens (tertiary/aromatic N) is 2. The zero-order chi connectivity index (χ0) is 15.8. The Labute approximate surface area is 129 Å². The molecule has 1 aromatic carbocycles. The molecule has 2 rings (SSSR count). The molecule has 0 aliphatic rings. The highest BCUT2D eigenvalue weighted by Gasteiger charge is 2.26. The van der Waals surface area contributed by atoms with Gasteiger partial charge in [-0.3, -0.25) is 0 Å². The molecular weight excluding hydrogens is 289 g/mol. The van der Waals surface area contributed by atoms with Crippen molar-refractivity contribution >= 4 is 17.4 Å². The van der Waals surface area contributed by atoms with Gasteiger partial charge in [0.2, 0.25) is 0 Å². The third-order valence-electron chi connectivity index (χ3n) is 3.33. The van der Waals surface area contributed by atoms with Gasteiger partial charge >= 0.3 is 0 Å². The fourth-order valence-corrected chi connectivity index (χ4v) is 2.55. The molecule has 114 valence electrons. The monoisotopic (exact) mass is 309 g/mol. The van der Waals surface area contributed by atoms with Crippen molar-refractivity contribution in [3.63, 3.8) is 0 Å². The number of imidazole rings is 1. The molecule has 0 aliphatic carbocycles. The van der Waals surface area contributed by atoms with Gasteiger partial charge in [0.05, 0.1) is 5.02 Å². The van der Waals surface area contributed by atoms with Crippen LogP contribution in [0.1, 0.15) is 39.9 Å². The highest BCUT2D eigenvalue weighted by Crippen LogP contribution is 2.34. The summed E-state index contributed by atoms with van der Waals surface area (Å²) >= 11 is 5.86. The van der Waals surface area contributed by atoms with E-state index in [4.69, 9.17) is 17.3 Å². The Morgan fingerprint density at radius 3 is 2.57 bits per heavy atom. The summed E-state index contributed by atoms with van der Waals surface area (Å²) in [4.78, 5) is 4.61. The van der Waals surface area contributed by atoms with E-state index in [9.17, 15) is 4.39 Å². The normalized spacial score (nSPS) is 11.9. The van der Waals surface area contributed by atoms with Crippen molar-refractivity contribution in [1.82, 2.24) is 9.55 Å². The third kappa shape index (κ3) is 2.91. The van der Waals surface area contributed by atoms with Crippen LogP contribution in [0.2, 0.25) is 5.02 Å². The second-order valence-electron chi connectivity index (χ2n) is 6.17. The summed E-state index contributed by atoms with van der Waals surface area (Å²) in [6.45, 7) is 9.04. The first-order valence-electron chi connectivity index (χ1n) is 7.08. The molecule has 0 unspecified atom stereocenters. The Balaban J connectivity index is 2.68. The summed E-state index contributed by atoms with van der Waals surface area (Å²) in [5.74, 6) is 0.867. The predicted molar refractivity (Wildman–Crippen MR) is 86.0 cm³/mol. The molecule has 0 radical (unpaired) electrons. The molecule has 3 nitrogen and oxygen atoms in total. The van der Waals surface area contributed by atoms with Crippen LogP contribution in [0, 0.1) is 5.82 Å². The molecule has 21 heavy (non-hydrogen) atoms. The smallest absolute Gasteiger partial charge is 0.151 e. The number of halogens is 2. The van der Waals surface area contributed by atoms with E-state index >= 15 is 0 Å². The van der Waals surface area contributed by atoms with Gasteiger partial charge in [0, 0.05) is 17.5 Å². The van der Waals surface area contributed by atoms with Crippen molar-refractivity contribution < 1.29 is 4.39 Å². The lowest BCUT2D eigenvalue weighted by Gasteiger charge is -2.19. The van der Waals surface area contributed by atoms with Crippen LogP contribution in [0.3, 0.4) is 0 Å². The van der Waals surface area contributed by atoms with Crippen molar-refractivity contribution in [2.75, 3.05) is 5.73 Å². The van der Waals surface area contributed by atoms with Crippen LogP contribution in [0.4, 0.5) is 10.2 Å². The van der Waals surface area contributed by atoms with Crippen molar-refractivity contribution in [1.29, 1.82) is 0 Å². The molecular formula is C16H21ClFN3. The Kier molecular flexibility index (Phi) is 4.28. The first kappa shape index (κ1) is 15.8. The van der Waals surface area contributed by atoms with Crippen molar-refractivity contribution in [3.05, 3.63) is 34.9 Å². The number of hydrogen-bond donors (Lipinski definition) is 1. The second-order valence-corrected chi connectivity index (χ2v) is 6.58. The van der Waals surface area contributed by atoms with Crippen LogP contribution in [0.25, 0.3) is 11.3 Å². The minimum absolute atomic E-state index is 0.0780. The molecule has 2 N–H and O–H groups in total. The summed E-state index contributed by atoms with van der Waals surface area (Å²) in [6.07, 6.45) is 0.932. The van der Waals surface area contributed by atoms with Gasteiger partial charge in [0.15, 0.2) is 5.82 Å². The number of nitrogen functional groups attached to an aromatic ring is 1. The highest BCUT2D eigenvalue weighted by atomic mass is 35.5. The number of hydrogen-bond acceptors (Lipinski definition) is 2. The standard InChI is InChI=1S/C16H21ClFN3/c1-5-9-21-14(19)13(20-15(21)16(2,3)4)10-7-6-8-11(17)12(10)18/h6-8H,5,9,19H2,1-4H3. The summed E-state index contributed by atoms with van der Waals surface area (Å²) in [5.41, 5.74) is 6.87. The maximum absolute atomic E-state index is 14.3. The minimum atomic E-state index is -0.479. The molecule has 0 spiro atoms. The van der Waals surface area contributed by atoms with E-state index in [0.29, 0.717) is 17.1 Å². The Bertz CT molecular complexity index is 656. The molecule has 0 fully saturated rings. The molecule has 1 heterocycles. The summed E-state index contributed by atoms with van der Waals surface area (Å²) in [7, 11) is 0. The fourth-order valence-electron chi connectivity index (χ4n) is 2.37. The van der Waals surface area contributed by atoms with Gasteiger partial charge in [0.1, 0.15) is 17.3 Å². The lowest BCUT2D eigenvalue weighted by atomic mass is 9.95. The lowest BCUT2D eigenvalue weighted by Crippen LogP contribution is -2.19. The summed E-state index contributed by atoms with van der Waals surface area (Å²) in [6, 6.07) is 4.88. The maximum Gasteiger partial charge on any atom is 0.151 e. The first-order valence-corrected chi connectivity index (χ1v) is 7.46. The predicted octanol–water partition coefficient (Wildman–Crippen LogP) is 4.63. The Hall–Kier alpha value is -1.55. The van der Waals surface area contributed by atoms with E-state index < -0.39 is 5.82 Å². The summed E-state index contributed by atoms with van der Waals surface area (Å²) < 4.78 is 16.2. The summed E-state index contributed by atoms with van der Waals surface area (Å²) in [5, 5.41) is 0.0780. The van der Waals surface area contributed by atoms with Gasteiger partial charge in [0.25, 0.3) is 0 Å². The van der Waals surface area contributed by atoms with E-state index in [1.807, 2.05) is 4.57 Å². The molecule has 0 saturated heterocycles. The van der Waals surface area contributed by atoms with Gasteiger partial charge in [-0.25, -0.2) is 9.37 Å². The Morgan fingerprint density at radius 2 is 2.00 bits per heavy atom. The molecule has 0 saturated carbocycles. The van der Waals surface area contributed by atoms with Gasteiger partial charge in [-0.2, -0.15) is 0 Å². The van der Waals surface area contributed by atoms with E-state index in [-0.39, 0.29) is 10.4 Å². The van der Waals surface area contributed by atoms with Crippen molar-refractivity contribution in [2.24, 2.45) is 0 Å². The first-order chi connectivity index (χ1) is 9.77. The third-order valence-corrected chi connectivity index (χ3v) is 3.62. The molecule has 0 aliphatic heterocycles. The minimum Gasteiger partial charge on any atom is -0.383 e. The Morgan fingerprint density at radius 1 is 1.33 bits per heavy atom. The average molecular weight is 310 g/mol. The quantitative estimate of drug-likeness (QED) is 0.898. The lowest BCUT2D eigenvalue weighted by molar-refractivity contribution is 0.498. The zero-order valence-electron chi connectivity index (χ0n) is 12.9. The van der Waals surface area contributed by atoms with Crippen LogP contribution in [-0.2, 0) is 12.0 Å². The van der Waals surface area contributed by atoms with Crippen molar-refractivity contribution in [3.8, 4) is 11.3 Å². The van der Waals surface area contributed by atoms with E-state index in [2.05, 4.69) is 32.7 Å². The van der Waals surface area contributed by atoms with Gasteiger partial charge in [-0.15, -0.1) is 0 Å². The van der Waals surface area contributed by atoms with Gasteiger partial charge in [-0.05, 0) is 18.6 Å². The van der Waals surface area contributed by atoms with Crippen LogP contribution >= 0.6 is 11.6 Å². The second kappa shape index (κ2) is 5.68. The van der Waals surface area contributed by atoms with Crippen LogP contribution < -0.4 is 5.73 Å². The molecule has 0 atom stereocenters. The highest BCUT2D eigenvalue weighted by molar-refractivity contribution is 6.31. The number of aromatic nitrogens is 2. The van der Waals surface area contributed by atoms with E-state index in [1.54, 1.807) is 12.1 Å². The van der Waals surface area contributed by atoms with Gasteiger partial charge in [-0.1, -0.05) is 45.4 Å². The SMILES string of the molecule is CCCn1c(C(C)(C)C)nc(-c2cccc(Cl)c2F)c1N. The van der Waals surface area contributed by atoms with Crippen LogP contribution in [-0.4, -0.2) is 9.55 Å². The molecule has 0 bridgehead atoms. The van der Waals surface area contributed by atoms with Gasteiger partial charge < -0.3 is 10.3 Å². The largest absolute Gasteiger partial charge is 0.383 e. The number of nitrogens with two attached hydrogens (primary N) is 1. The van der Waals surface area contributed by atoms with E-state index in [1.165, 1.54) is 6.07 Å². The molecule has 2 aromatic rings. The van der Waals surface area contributed by atoms with E-state index in [0.717, 1.165) is 18.8 Å². The zero-order valence-corrected chi connectivity index (χ0v) is 13.6. The average Bonchev–Trinajstić information content (AvgIpc) is 2.71. The maximum atomic E-state index is 14.3. The van der Waals surface area contributed by atoms with Crippen molar-refractivity contribution in [2.45, 2.75) is 46.1 Å². The molecule has 5 heteroatoms. The number of benzene rings is 1.